The first kappa shape index (κ1) is 13.2. The average Bonchev–Trinajstić information content (AvgIpc) is 2.27. The molecule has 1 aromatic carbocycles. The minimum absolute atomic E-state index is 0.00397. The van der Waals surface area contributed by atoms with Crippen molar-refractivity contribution in [2.45, 2.75) is 26.2 Å². The highest BCUT2D eigenvalue weighted by Gasteiger charge is 2.03. The molecule has 1 rings (SSSR count). The van der Waals surface area contributed by atoms with Crippen LogP contribution in [-0.4, -0.2) is 17.7 Å². The first-order valence-electron chi connectivity index (χ1n) is 5.77. The van der Waals surface area contributed by atoms with Crippen LogP contribution in [0.15, 0.2) is 18.2 Å². The van der Waals surface area contributed by atoms with Gasteiger partial charge in [0.05, 0.1) is 5.69 Å². The summed E-state index contributed by atoms with van der Waals surface area (Å²) >= 11 is 0. The zero-order valence-electron chi connectivity index (χ0n) is 9.99. The smallest absolute Gasteiger partial charge is 0.316 e. The van der Waals surface area contributed by atoms with E-state index in [1.165, 1.54) is 12.8 Å². The molecule has 0 atom stereocenters. The lowest BCUT2D eigenvalue weighted by Gasteiger charge is -2.09. The van der Waals surface area contributed by atoms with Crippen LogP contribution < -0.4 is 16.4 Å². The van der Waals surface area contributed by atoms with Crippen molar-refractivity contribution in [3.8, 4) is 5.75 Å². The van der Waals surface area contributed by atoms with Gasteiger partial charge in [0, 0.05) is 18.3 Å². The van der Waals surface area contributed by atoms with E-state index in [1.807, 2.05) is 0 Å². The monoisotopic (exact) mass is 237 g/mol. The number of unbranched alkanes of at least 4 members (excludes halogenated alkanes) is 2. The van der Waals surface area contributed by atoms with Crippen LogP contribution in [0.5, 0.6) is 5.75 Å². The normalized spacial score (nSPS) is 9.94. The van der Waals surface area contributed by atoms with Crippen LogP contribution in [0.4, 0.5) is 16.2 Å². The van der Waals surface area contributed by atoms with Gasteiger partial charge in [-0.05, 0) is 18.6 Å². The lowest BCUT2D eigenvalue weighted by atomic mass is 10.2. The lowest BCUT2D eigenvalue weighted by Crippen LogP contribution is -2.19. The minimum Gasteiger partial charge on any atom is -0.506 e. The number of carbonyl (C=O) groups is 1. The number of aromatic hydroxyl groups is 1. The molecule has 5 heteroatoms. The number of urea groups is 1. The molecule has 0 aliphatic carbocycles. The number of benzene rings is 1. The number of carbonyl (C=O) groups excluding carboxylic acids is 1. The highest BCUT2D eigenvalue weighted by molar-refractivity contribution is 5.89. The summed E-state index contributed by atoms with van der Waals surface area (Å²) in [6.07, 6.45) is 3.45. The number of hydrogen-bond acceptors (Lipinski definition) is 3. The second kappa shape index (κ2) is 6.62. The van der Waals surface area contributed by atoms with Crippen LogP contribution in [0.3, 0.4) is 0 Å². The van der Waals surface area contributed by atoms with Crippen molar-refractivity contribution in [1.82, 2.24) is 0 Å². The molecular weight excluding hydrogens is 218 g/mol. The van der Waals surface area contributed by atoms with Crippen LogP contribution in [0.25, 0.3) is 0 Å². The first-order chi connectivity index (χ1) is 8.13. The summed E-state index contributed by atoms with van der Waals surface area (Å²) in [6.45, 7) is 3.02. The van der Waals surface area contributed by atoms with Crippen LogP contribution in [0.1, 0.15) is 26.2 Å². The average molecular weight is 237 g/mol. The molecule has 0 aliphatic rings. The fraction of sp³-hybridized carbons (Fsp3) is 0.417. The van der Waals surface area contributed by atoms with Gasteiger partial charge in [0.1, 0.15) is 5.75 Å². The van der Waals surface area contributed by atoms with Crippen molar-refractivity contribution < 1.29 is 9.90 Å². The zero-order chi connectivity index (χ0) is 12.7. The number of nitrogens with two attached hydrogens (primary N) is 1. The van der Waals surface area contributed by atoms with Crippen LogP contribution in [-0.2, 0) is 0 Å². The molecule has 0 spiro atoms. The number of hydrogen-bond donors (Lipinski definition) is 4. The number of rotatable bonds is 6. The van der Waals surface area contributed by atoms with Crippen molar-refractivity contribution in [1.29, 1.82) is 0 Å². The third-order valence-corrected chi connectivity index (χ3v) is 2.37. The molecule has 5 N–H and O–H groups in total. The Balaban J connectivity index is 2.53. The predicted octanol–water partition coefficient (Wildman–Crippen LogP) is 2.48. The largest absolute Gasteiger partial charge is 0.506 e. The molecule has 0 saturated heterocycles. The molecule has 5 nitrogen and oxygen atoms in total. The third kappa shape index (κ3) is 4.63. The first-order valence-corrected chi connectivity index (χ1v) is 5.77. The Labute approximate surface area is 101 Å². The minimum atomic E-state index is -0.691. The Bertz CT molecular complexity index is 380. The quantitative estimate of drug-likeness (QED) is 0.453. The Morgan fingerprint density at radius 1 is 1.41 bits per heavy atom. The molecule has 0 fully saturated rings. The Hall–Kier alpha value is -1.91. The third-order valence-electron chi connectivity index (χ3n) is 2.37. The maximum Gasteiger partial charge on any atom is 0.316 e. The molecule has 17 heavy (non-hydrogen) atoms. The molecule has 2 amide bonds. The molecule has 0 saturated carbocycles. The van der Waals surface area contributed by atoms with Crippen LogP contribution in [0.2, 0.25) is 0 Å². The van der Waals surface area contributed by atoms with Gasteiger partial charge in [0.2, 0.25) is 0 Å². The van der Waals surface area contributed by atoms with Gasteiger partial charge in [-0.2, -0.15) is 0 Å². The maximum atomic E-state index is 10.6. The number of amides is 2. The SMILES string of the molecule is CCCCCNc1ccc(NC(N)=O)c(O)c1. The van der Waals surface area contributed by atoms with Crippen molar-refractivity contribution >= 4 is 17.4 Å². The lowest BCUT2D eigenvalue weighted by molar-refractivity contribution is 0.259. The Morgan fingerprint density at radius 3 is 2.76 bits per heavy atom. The molecule has 0 radical (unpaired) electrons. The van der Waals surface area contributed by atoms with E-state index < -0.39 is 6.03 Å². The van der Waals surface area contributed by atoms with Gasteiger partial charge in [0.15, 0.2) is 0 Å². The molecular formula is C12H19N3O2. The number of phenolic OH excluding ortho intramolecular Hbond substituents is 1. The van der Waals surface area contributed by atoms with Gasteiger partial charge < -0.3 is 21.5 Å². The van der Waals surface area contributed by atoms with Crippen molar-refractivity contribution in [2.75, 3.05) is 17.2 Å². The van der Waals surface area contributed by atoms with Gasteiger partial charge in [-0.3, -0.25) is 0 Å². The zero-order valence-corrected chi connectivity index (χ0v) is 9.99. The van der Waals surface area contributed by atoms with E-state index in [0.717, 1.165) is 18.7 Å². The maximum absolute atomic E-state index is 10.6. The molecule has 0 heterocycles. The Kier molecular flexibility index (Phi) is 5.13. The number of nitrogens with one attached hydrogen (secondary N) is 2. The van der Waals surface area contributed by atoms with Crippen molar-refractivity contribution in [3.05, 3.63) is 18.2 Å². The summed E-state index contributed by atoms with van der Waals surface area (Å²) in [6, 6.07) is 4.28. The van der Waals surface area contributed by atoms with Crippen LogP contribution >= 0.6 is 0 Å². The van der Waals surface area contributed by atoms with Gasteiger partial charge in [-0.15, -0.1) is 0 Å². The van der Waals surface area contributed by atoms with E-state index in [0.29, 0.717) is 5.69 Å². The molecule has 0 aliphatic heterocycles. The van der Waals surface area contributed by atoms with Crippen molar-refractivity contribution in [3.63, 3.8) is 0 Å². The number of phenols is 1. The number of anilines is 2. The van der Waals surface area contributed by atoms with E-state index in [9.17, 15) is 9.90 Å². The summed E-state index contributed by atoms with van der Waals surface area (Å²) in [5.41, 5.74) is 6.11. The summed E-state index contributed by atoms with van der Waals surface area (Å²) in [7, 11) is 0. The van der Waals surface area contributed by atoms with Gasteiger partial charge in [-0.1, -0.05) is 19.8 Å². The fourth-order valence-corrected chi connectivity index (χ4v) is 1.49. The van der Waals surface area contributed by atoms with E-state index in [1.54, 1.807) is 18.2 Å². The Morgan fingerprint density at radius 2 is 2.18 bits per heavy atom. The molecule has 0 unspecified atom stereocenters. The molecule has 0 bridgehead atoms. The summed E-state index contributed by atoms with van der Waals surface area (Å²) in [5, 5.41) is 15.2. The standard InChI is InChI=1S/C12H19N3O2/c1-2-3-4-7-14-9-5-6-10(11(16)8-9)15-12(13)17/h5-6,8,14,16H,2-4,7H2,1H3,(H3,13,15,17). The molecule has 1 aromatic rings. The highest BCUT2D eigenvalue weighted by Crippen LogP contribution is 2.26. The second-order valence-corrected chi connectivity index (χ2v) is 3.86. The van der Waals surface area contributed by atoms with Gasteiger partial charge in [0.25, 0.3) is 0 Å². The van der Waals surface area contributed by atoms with E-state index in [-0.39, 0.29) is 5.75 Å². The van der Waals surface area contributed by atoms with E-state index in [4.69, 9.17) is 5.73 Å². The predicted molar refractivity (Wildman–Crippen MR) is 69.3 cm³/mol. The molecule has 0 aromatic heterocycles. The number of primary amides is 1. The van der Waals surface area contributed by atoms with Gasteiger partial charge >= 0.3 is 6.03 Å². The van der Waals surface area contributed by atoms with E-state index >= 15 is 0 Å². The topological polar surface area (TPSA) is 87.4 Å². The highest BCUT2D eigenvalue weighted by atomic mass is 16.3. The van der Waals surface area contributed by atoms with Crippen LogP contribution in [0, 0.1) is 0 Å². The van der Waals surface area contributed by atoms with Crippen molar-refractivity contribution in [2.24, 2.45) is 5.73 Å². The second-order valence-electron chi connectivity index (χ2n) is 3.86. The summed E-state index contributed by atoms with van der Waals surface area (Å²) < 4.78 is 0. The summed E-state index contributed by atoms with van der Waals surface area (Å²) in [5.74, 6) is 0.00397. The fourth-order valence-electron chi connectivity index (χ4n) is 1.49. The van der Waals surface area contributed by atoms with Gasteiger partial charge in [-0.25, -0.2) is 4.79 Å². The van der Waals surface area contributed by atoms with E-state index in [2.05, 4.69) is 17.6 Å². The summed E-state index contributed by atoms with van der Waals surface area (Å²) in [4.78, 5) is 10.6. The molecule has 94 valence electrons.